The van der Waals surface area contributed by atoms with Crippen molar-refractivity contribution in [2.24, 2.45) is 0 Å². The standard InChI is InChI=1S/C26H24FNO3/c1-14-4-5-19-17(7-9-29)6-8-28-26(19)24(14)25-20(13-23(30)31)15(2)10-18-11-16(3)22(27)12-21(18)25/h4-6,8,10-12,29H,7,9,13H2,1-3H3,(H,30,31). The van der Waals surface area contributed by atoms with Gasteiger partial charge in [-0.2, -0.15) is 0 Å². The number of aryl methyl sites for hydroxylation is 3. The van der Waals surface area contributed by atoms with Crippen LogP contribution in [0.15, 0.2) is 42.6 Å². The normalized spacial score (nSPS) is 11.4. The van der Waals surface area contributed by atoms with Gasteiger partial charge in [0.15, 0.2) is 0 Å². The van der Waals surface area contributed by atoms with Crippen LogP contribution in [0, 0.1) is 26.6 Å². The monoisotopic (exact) mass is 417 g/mol. The Morgan fingerprint density at radius 3 is 2.42 bits per heavy atom. The smallest absolute Gasteiger partial charge is 0.307 e. The minimum Gasteiger partial charge on any atom is -0.481 e. The van der Waals surface area contributed by atoms with Gasteiger partial charge in [0.2, 0.25) is 0 Å². The van der Waals surface area contributed by atoms with Crippen molar-refractivity contribution in [2.45, 2.75) is 33.6 Å². The first-order valence-electron chi connectivity index (χ1n) is 10.2. The number of benzene rings is 3. The van der Waals surface area contributed by atoms with Gasteiger partial charge in [-0.05, 0) is 89.5 Å². The zero-order valence-corrected chi connectivity index (χ0v) is 17.8. The van der Waals surface area contributed by atoms with Crippen LogP contribution >= 0.6 is 0 Å². The Labute approximate surface area is 180 Å². The SMILES string of the molecule is Cc1cc2cc(C)c(CC(=O)O)c(-c3c(C)ccc4c(CCO)ccnc34)c2cc1F. The van der Waals surface area contributed by atoms with E-state index in [0.29, 0.717) is 28.5 Å². The molecule has 0 radical (unpaired) electrons. The van der Waals surface area contributed by atoms with Crippen molar-refractivity contribution in [3.8, 4) is 11.1 Å². The highest BCUT2D eigenvalue weighted by atomic mass is 19.1. The van der Waals surface area contributed by atoms with Crippen molar-refractivity contribution in [3.05, 3.63) is 76.2 Å². The predicted octanol–water partition coefficient (Wildman–Crippen LogP) is 5.28. The molecule has 4 nitrogen and oxygen atoms in total. The number of nitrogens with zero attached hydrogens (tertiary/aromatic N) is 1. The van der Waals surface area contributed by atoms with Gasteiger partial charge in [0, 0.05) is 23.8 Å². The summed E-state index contributed by atoms with van der Waals surface area (Å²) in [5.41, 5.74) is 6.20. The van der Waals surface area contributed by atoms with Crippen LogP contribution in [-0.4, -0.2) is 27.8 Å². The fourth-order valence-electron chi connectivity index (χ4n) is 4.42. The second-order valence-corrected chi connectivity index (χ2v) is 8.04. The summed E-state index contributed by atoms with van der Waals surface area (Å²) >= 11 is 0. The van der Waals surface area contributed by atoms with Crippen molar-refractivity contribution < 1.29 is 19.4 Å². The first-order valence-corrected chi connectivity index (χ1v) is 10.2. The summed E-state index contributed by atoms with van der Waals surface area (Å²) in [7, 11) is 0. The summed E-state index contributed by atoms with van der Waals surface area (Å²) in [5.74, 6) is -1.27. The number of carboxylic acids is 1. The van der Waals surface area contributed by atoms with Gasteiger partial charge in [-0.25, -0.2) is 4.39 Å². The molecule has 5 heteroatoms. The minimum absolute atomic E-state index is 0.0183. The van der Waals surface area contributed by atoms with Crippen LogP contribution in [0.25, 0.3) is 32.8 Å². The van der Waals surface area contributed by atoms with Crippen LogP contribution in [0.5, 0.6) is 0 Å². The average molecular weight is 417 g/mol. The fraction of sp³-hybridized carbons (Fsp3) is 0.231. The van der Waals surface area contributed by atoms with E-state index in [2.05, 4.69) is 4.98 Å². The first kappa shape index (κ1) is 20.9. The highest BCUT2D eigenvalue weighted by Gasteiger charge is 2.21. The van der Waals surface area contributed by atoms with Crippen molar-refractivity contribution >= 4 is 27.6 Å². The molecule has 0 fully saturated rings. The van der Waals surface area contributed by atoms with E-state index in [-0.39, 0.29) is 18.8 Å². The second kappa shape index (κ2) is 8.08. The molecule has 4 aromatic rings. The molecule has 0 aliphatic heterocycles. The highest BCUT2D eigenvalue weighted by Crippen LogP contribution is 2.41. The zero-order valence-electron chi connectivity index (χ0n) is 17.8. The molecule has 0 spiro atoms. The lowest BCUT2D eigenvalue weighted by atomic mass is 9.85. The van der Waals surface area contributed by atoms with Gasteiger partial charge in [0.1, 0.15) is 5.82 Å². The Bertz CT molecular complexity index is 1340. The number of carboxylic acid groups (broad SMARTS) is 1. The Kier molecular flexibility index (Phi) is 5.46. The summed E-state index contributed by atoms with van der Waals surface area (Å²) in [6, 6.07) is 11.1. The average Bonchev–Trinajstić information content (AvgIpc) is 2.71. The number of aliphatic hydroxyl groups is 1. The molecule has 0 atom stereocenters. The molecule has 0 aliphatic rings. The Hall–Kier alpha value is -3.31. The van der Waals surface area contributed by atoms with Crippen molar-refractivity contribution in [3.63, 3.8) is 0 Å². The maximum Gasteiger partial charge on any atom is 0.307 e. The minimum atomic E-state index is -0.942. The van der Waals surface area contributed by atoms with Crippen molar-refractivity contribution in [2.75, 3.05) is 6.61 Å². The van der Waals surface area contributed by atoms with Gasteiger partial charge in [0.25, 0.3) is 0 Å². The molecule has 0 saturated heterocycles. The Morgan fingerprint density at radius 2 is 1.71 bits per heavy atom. The molecule has 0 unspecified atom stereocenters. The number of carbonyl (C=O) groups is 1. The first-order chi connectivity index (χ1) is 14.8. The number of hydrogen-bond acceptors (Lipinski definition) is 3. The molecule has 4 rings (SSSR count). The van der Waals surface area contributed by atoms with Crippen LogP contribution in [0.1, 0.15) is 27.8 Å². The van der Waals surface area contributed by atoms with E-state index < -0.39 is 5.97 Å². The molecule has 0 aliphatic carbocycles. The summed E-state index contributed by atoms with van der Waals surface area (Å²) in [6.07, 6.45) is 2.03. The van der Waals surface area contributed by atoms with Crippen LogP contribution < -0.4 is 0 Å². The van der Waals surface area contributed by atoms with Gasteiger partial charge in [-0.1, -0.05) is 18.2 Å². The highest BCUT2D eigenvalue weighted by molar-refractivity contribution is 6.08. The number of pyridine rings is 1. The number of aromatic nitrogens is 1. The Morgan fingerprint density at radius 1 is 0.968 bits per heavy atom. The van der Waals surface area contributed by atoms with E-state index in [4.69, 9.17) is 0 Å². The number of aliphatic carboxylic acids is 1. The van der Waals surface area contributed by atoms with E-state index in [1.165, 1.54) is 6.07 Å². The third-order valence-corrected chi connectivity index (χ3v) is 5.92. The third-order valence-electron chi connectivity index (χ3n) is 5.92. The molecule has 158 valence electrons. The number of halogens is 1. The van der Waals surface area contributed by atoms with Gasteiger partial charge in [-0.15, -0.1) is 0 Å². The number of rotatable bonds is 5. The van der Waals surface area contributed by atoms with Gasteiger partial charge in [-0.3, -0.25) is 9.78 Å². The van der Waals surface area contributed by atoms with Gasteiger partial charge >= 0.3 is 5.97 Å². The summed E-state index contributed by atoms with van der Waals surface area (Å²) in [6.45, 7) is 5.59. The maximum atomic E-state index is 14.7. The van der Waals surface area contributed by atoms with E-state index in [1.54, 1.807) is 19.2 Å². The third kappa shape index (κ3) is 3.66. The van der Waals surface area contributed by atoms with Gasteiger partial charge in [0.05, 0.1) is 11.9 Å². The number of aliphatic hydroxyl groups excluding tert-OH is 1. The lowest BCUT2D eigenvalue weighted by molar-refractivity contribution is -0.136. The van der Waals surface area contributed by atoms with Crippen molar-refractivity contribution in [1.29, 1.82) is 0 Å². The lowest BCUT2D eigenvalue weighted by Crippen LogP contribution is -2.06. The van der Waals surface area contributed by atoms with E-state index >= 15 is 0 Å². The molecule has 0 saturated carbocycles. The molecule has 31 heavy (non-hydrogen) atoms. The number of hydrogen-bond donors (Lipinski definition) is 2. The van der Waals surface area contributed by atoms with Crippen LogP contribution in [-0.2, 0) is 17.6 Å². The molecule has 0 amide bonds. The summed E-state index contributed by atoms with van der Waals surface area (Å²) < 4.78 is 14.7. The number of fused-ring (bicyclic) bond motifs is 2. The molecule has 3 aromatic carbocycles. The summed E-state index contributed by atoms with van der Waals surface area (Å²) in [5, 5.41) is 21.5. The van der Waals surface area contributed by atoms with Crippen LogP contribution in [0.4, 0.5) is 4.39 Å². The molecule has 2 N–H and O–H groups in total. The van der Waals surface area contributed by atoms with Crippen LogP contribution in [0.3, 0.4) is 0 Å². The largest absolute Gasteiger partial charge is 0.481 e. The second-order valence-electron chi connectivity index (χ2n) is 8.04. The quantitative estimate of drug-likeness (QED) is 0.463. The molecule has 1 aromatic heterocycles. The molecular weight excluding hydrogens is 393 g/mol. The Balaban J connectivity index is 2.20. The fourth-order valence-corrected chi connectivity index (χ4v) is 4.42. The maximum absolute atomic E-state index is 14.7. The van der Waals surface area contributed by atoms with Crippen molar-refractivity contribution in [1.82, 2.24) is 4.98 Å². The van der Waals surface area contributed by atoms with E-state index in [0.717, 1.165) is 38.5 Å². The summed E-state index contributed by atoms with van der Waals surface area (Å²) in [4.78, 5) is 16.4. The van der Waals surface area contributed by atoms with E-state index in [9.17, 15) is 19.4 Å². The van der Waals surface area contributed by atoms with E-state index in [1.807, 2.05) is 38.1 Å². The lowest BCUT2D eigenvalue weighted by Gasteiger charge is -2.20. The topological polar surface area (TPSA) is 70.4 Å². The van der Waals surface area contributed by atoms with Gasteiger partial charge < -0.3 is 10.2 Å². The predicted molar refractivity (Wildman–Crippen MR) is 121 cm³/mol. The molecule has 0 bridgehead atoms. The van der Waals surface area contributed by atoms with Crippen LogP contribution in [0.2, 0.25) is 0 Å². The molecule has 1 heterocycles. The molecular formula is C26H24FNO3. The zero-order chi connectivity index (χ0) is 22.3.